The largest absolute Gasteiger partial charge is 0.467 e. The van der Waals surface area contributed by atoms with E-state index in [0.29, 0.717) is 5.76 Å². The number of aliphatic hydroxyl groups excluding tert-OH is 1. The summed E-state index contributed by atoms with van der Waals surface area (Å²) >= 11 is 0. The van der Waals surface area contributed by atoms with Crippen LogP contribution >= 0.6 is 0 Å². The fraction of sp³-hybridized carbons (Fsp3) is 0.143. The van der Waals surface area contributed by atoms with Crippen LogP contribution in [0.5, 0.6) is 0 Å². The molecule has 2 aromatic rings. The summed E-state index contributed by atoms with van der Waals surface area (Å²) in [6, 6.07) is 9.40. The molecule has 0 fully saturated rings. The van der Waals surface area contributed by atoms with E-state index in [4.69, 9.17) is 4.42 Å². The Balaban J connectivity index is 2.27. The molecule has 0 saturated carbocycles. The molecule has 1 N–H and O–H groups in total. The molecule has 0 bridgehead atoms. The van der Waals surface area contributed by atoms with Crippen molar-refractivity contribution in [2.45, 2.75) is 12.0 Å². The molecular formula is C14H13FO2. The minimum Gasteiger partial charge on any atom is -0.467 e. The summed E-state index contributed by atoms with van der Waals surface area (Å²) in [7, 11) is 0. The van der Waals surface area contributed by atoms with E-state index in [1.165, 1.54) is 18.4 Å². The molecule has 0 aliphatic rings. The van der Waals surface area contributed by atoms with Gasteiger partial charge in [0.25, 0.3) is 0 Å². The van der Waals surface area contributed by atoms with E-state index in [0.717, 1.165) is 5.56 Å². The highest BCUT2D eigenvalue weighted by atomic mass is 19.1. The summed E-state index contributed by atoms with van der Waals surface area (Å²) in [6.45, 7) is 3.70. The number of rotatable bonds is 4. The van der Waals surface area contributed by atoms with Gasteiger partial charge in [-0.2, -0.15) is 0 Å². The Morgan fingerprint density at radius 2 is 1.94 bits per heavy atom. The van der Waals surface area contributed by atoms with Gasteiger partial charge in [-0.05, 0) is 29.8 Å². The molecule has 0 radical (unpaired) electrons. The third-order valence-corrected chi connectivity index (χ3v) is 2.68. The quantitative estimate of drug-likeness (QED) is 0.819. The Labute approximate surface area is 99.0 Å². The third kappa shape index (κ3) is 2.45. The van der Waals surface area contributed by atoms with Crippen LogP contribution in [0.2, 0.25) is 0 Å². The molecule has 17 heavy (non-hydrogen) atoms. The minimum absolute atomic E-state index is 0.302. The second-order valence-electron chi connectivity index (χ2n) is 3.77. The van der Waals surface area contributed by atoms with E-state index >= 15 is 0 Å². The molecular weight excluding hydrogens is 219 g/mol. The highest BCUT2D eigenvalue weighted by molar-refractivity contribution is 5.27. The van der Waals surface area contributed by atoms with Gasteiger partial charge >= 0.3 is 0 Å². The second-order valence-corrected chi connectivity index (χ2v) is 3.77. The molecule has 1 aromatic heterocycles. The zero-order valence-corrected chi connectivity index (χ0v) is 9.21. The van der Waals surface area contributed by atoms with Gasteiger partial charge in [0, 0.05) is 5.92 Å². The first-order valence-electron chi connectivity index (χ1n) is 5.32. The Morgan fingerprint density at radius 1 is 1.24 bits per heavy atom. The number of hydrogen-bond donors (Lipinski definition) is 1. The van der Waals surface area contributed by atoms with Gasteiger partial charge in [-0.15, -0.1) is 6.58 Å². The lowest BCUT2D eigenvalue weighted by molar-refractivity contribution is 0.135. The van der Waals surface area contributed by atoms with Gasteiger partial charge in [0.05, 0.1) is 6.26 Å². The normalized spacial score (nSPS) is 14.2. The minimum atomic E-state index is -0.812. The molecule has 0 aliphatic carbocycles. The van der Waals surface area contributed by atoms with Gasteiger partial charge in [0.1, 0.15) is 17.7 Å². The van der Waals surface area contributed by atoms with Crippen molar-refractivity contribution in [3.63, 3.8) is 0 Å². The summed E-state index contributed by atoms with van der Waals surface area (Å²) in [4.78, 5) is 0. The van der Waals surface area contributed by atoms with Crippen molar-refractivity contribution in [1.29, 1.82) is 0 Å². The van der Waals surface area contributed by atoms with Crippen molar-refractivity contribution in [3.8, 4) is 0 Å². The summed E-state index contributed by atoms with van der Waals surface area (Å²) in [6.07, 6.45) is 2.32. The highest BCUT2D eigenvalue weighted by Crippen LogP contribution is 2.31. The maximum atomic E-state index is 12.8. The molecule has 2 rings (SSSR count). The first-order valence-corrected chi connectivity index (χ1v) is 5.32. The van der Waals surface area contributed by atoms with E-state index in [-0.39, 0.29) is 11.7 Å². The lowest BCUT2D eigenvalue weighted by Crippen LogP contribution is -2.07. The molecule has 88 valence electrons. The van der Waals surface area contributed by atoms with Crippen LogP contribution in [0.1, 0.15) is 23.3 Å². The standard InChI is InChI=1S/C14H13FO2/c1-2-12(10-5-7-11(15)8-6-10)14(16)13-4-3-9-17-13/h2-9,12,14,16H,1H2. The molecule has 0 spiro atoms. The van der Waals surface area contributed by atoms with E-state index in [1.807, 2.05) is 0 Å². The van der Waals surface area contributed by atoms with E-state index in [1.54, 1.807) is 30.3 Å². The summed E-state index contributed by atoms with van der Waals surface area (Å²) < 4.78 is 18.0. The maximum absolute atomic E-state index is 12.8. The Bertz CT molecular complexity index is 473. The average Bonchev–Trinajstić information content (AvgIpc) is 2.86. The van der Waals surface area contributed by atoms with E-state index < -0.39 is 6.10 Å². The van der Waals surface area contributed by atoms with Crippen LogP contribution in [-0.4, -0.2) is 5.11 Å². The van der Waals surface area contributed by atoms with Gasteiger partial charge < -0.3 is 9.52 Å². The Kier molecular flexibility index (Phi) is 3.40. The number of halogens is 1. The van der Waals surface area contributed by atoms with Crippen molar-refractivity contribution in [3.05, 3.63) is 72.5 Å². The average molecular weight is 232 g/mol. The van der Waals surface area contributed by atoms with E-state index in [9.17, 15) is 9.50 Å². The van der Waals surface area contributed by atoms with Gasteiger partial charge in [-0.1, -0.05) is 18.2 Å². The SMILES string of the molecule is C=CC(c1ccc(F)cc1)C(O)c1ccco1. The smallest absolute Gasteiger partial charge is 0.133 e. The van der Waals surface area contributed by atoms with Crippen LogP contribution in [0.25, 0.3) is 0 Å². The fourth-order valence-electron chi connectivity index (χ4n) is 1.77. The summed E-state index contributed by atoms with van der Waals surface area (Å²) in [5, 5.41) is 10.1. The lowest BCUT2D eigenvalue weighted by Gasteiger charge is -2.18. The molecule has 0 saturated heterocycles. The van der Waals surface area contributed by atoms with Crippen molar-refractivity contribution >= 4 is 0 Å². The summed E-state index contributed by atoms with van der Waals surface area (Å²) in [5.41, 5.74) is 0.797. The monoisotopic (exact) mass is 232 g/mol. The van der Waals surface area contributed by atoms with Crippen molar-refractivity contribution < 1.29 is 13.9 Å². The van der Waals surface area contributed by atoms with Crippen molar-refractivity contribution in [1.82, 2.24) is 0 Å². The summed E-state index contributed by atoms with van der Waals surface area (Å²) in [5.74, 6) is -0.148. The molecule has 2 atom stereocenters. The molecule has 2 unspecified atom stereocenters. The fourth-order valence-corrected chi connectivity index (χ4v) is 1.77. The highest BCUT2D eigenvalue weighted by Gasteiger charge is 2.21. The molecule has 3 heteroatoms. The van der Waals surface area contributed by atoms with Crippen LogP contribution in [-0.2, 0) is 0 Å². The van der Waals surface area contributed by atoms with Crippen molar-refractivity contribution in [2.75, 3.05) is 0 Å². The molecule has 0 amide bonds. The first-order chi connectivity index (χ1) is 8.22. The Hall–Kier alpha value is -1.87. The second kappa shape index (κ2) is 4.97. The molecule has 2 nitrogen and oxygen atoms in total. The van der Waals surface area contributed by atoms with Crippen LogP contribution < -0.4 is 0 Å². The van der Waals surface area contributed by atoms with Crippen LogP contribution in [0.4, 0.5) is 4.39 Å². The number of benzene rings is 1. The van der Waals surface area contributed by atoms with Crippen LogP contribution in [0.15, 0.2) is 59.7 Å². The predicted molar refractivity (Wildman–Crippen MR) is 63.0 cm³/mol. The van der Waals surface area contributed by atoms with Gasteiger partial charge in [0.15, 0.2) is 0 Å². The number of hydrogen-bond acceptors (Lipinski definition) is 2. The zero-order chi connectivity index (χ0) is 12.3. The van der Waals surface area contributed by atoms with Gasteiger partial charge in [0.2, 0.25) is 0 Å². The lowest BCUT2D eigenvalue weighted by atomic mass is 9.92. The number of furan rings is 1. The predicted octanol–water partition coefficient (Wildman–Crippen LogP) is 3.42. The topological polar surface area (TPSA) is 33.4 Å². The zero-order valence-electron chi connectivity index (χ0n) is 9.21. The van der Waals surface area contributed by atoms with Gasteiger partial charge in [-0.25, -0.2) is 4.39 Å². The van der Waals surface area contributed by atoms with Crippen molar-refractivity contribution in [2.24, 2.45) is 0 Å². The van der Waals surface area contributed by atoms with Crippen LogP contribution in [0, 0.1) is 5.82 Å². The maximum Gasteiger partial charge on any atom is 0.133 e. The molecule has 1 heterocycles. The molecule has 0 aliphatic heterocycles. The van der Waals surface area contributed by atoms with E-state index in [2.05, 4.69) is 6.58 Å². The third-order valence-electron chi connectivity index (χ3n) is 2.68. The van der Waals surface area contributed by atoms with Crippen LogP contribution in [0.3, 0.4) is 0 Å². The molecule has 1 aromatic carbocycles. The van der Waals surface area contributed by atoms with Gasteiger partial charge in [-0.3, -0.25) is 0 Å². The number of aliphatic hydroxyl groups is 1. The first kappa shape index (κ1) is 11.6. The Morgan fingerprint density at radius 3 is 2.47 bits per heavy atom.